The van der Waals surface area contributed by atoms with Crippen molar-refractivity contribution in [2.75, 3.05) is 13.3 Å². The van der Waals surface area contributed by atoms with Gasteiger partial charge in [0.1, 0.15) is 18.4 Å². The highest BCUT2D eigenvalue weighted by Crippen LogP contribution is 2.54. The molecule has 1 fully saturated rings. The summed E-state index contributed by atoms with van der Waals surface area (Å²) in [6.07, 6.45) is -9.88. The summed E-state index contributed by atoms with van der Waals surface area (Å²) in [6.45, 7) is 6.65. The lowest BCUT2D eigenvalue weighted by molar-refractivity contribution is -0.148. The molecule has 3 unspecified atom stereocenters. The van der Waals surface area contributed by atoms with E-state index in [-0.39, 0.29) is 0 Å². The minimum Gasteiger partial charge on any atom is -0.432 e. The number of aliphatic hydroxyl groups is 2. The number of rotatable bonds is 13. The molecular formula is C23H36FN2O15P. The number of hydrogen-bond acceptors (Lipinski definition) is 15. The molecule has 0 saturated carbocycles. The molecule has 1 aliphatic heterocycles. The molecule has 1 aromatic rings. The summed E-state index contributed by atoms with van der Waals surface area (Å²) in [5, 5.41) is 21.9. The summed E-state index contributed by atoms with van der Waals surface area (Å²) in [4.78, 5) is 49.4. The lowest BCUT2D eigenvalue weighted by Gasteiger charge is -2.32. The Morgan fingerprint density at radius 3 is 1.98 bits per heavy atom. The van der Waals surface area contributed by atoms with Crippen LogP contribution in [-0.2, 0) is 41.8 Å². The summed E-state index contributed by atoms with van der Waals surface area (Å²) in [7, 11) is -5.02. The first kappa shape index (κ1) is 35.3. The molecule has 1 saturated heterocycles. The first-order valence-corrected chi connectivity index (χ1v) is 14.1. The number of carbonyl (C=O) groups is 2. The van der Waals surface area contributed by atoms with Gasteiger partial charge in [-0.05, 0) is 48.5 Å². The van der Waals surface area contributed by atoms with Gasteiger partial charge in [-0.1, -0.05) is 0 Å². The van der Waals surface area contributed by atoms with E-state index in [1.165, 1.54) is 27.7 Å². The van der Waals surface area contributed by atoms with Gasteiger partial charge in [0.25, 0.3) is 5.56 Å². The van der Waals surface area contributed by atoms with Crippen LogP contribution in [-0.4, -0.2) is 87.5 Å². The fourth-order valence-electron chi connectivity index (χ4n) is 3.67. The standard InChI is InChI=1S/C23H36FN2O15P/c1-12(2)35-20(30)37-14(5)40-42(33,41-15(6)38-21(31)36-13(3)4)34-11-23(10-24)17(28)22(7,32)18(39-23)26-9-8-16(27)25-19(26)29/h8-9,12-15,17-18,28,32H,10-11H2,1-7H3,(H,25,27,29)/t14?,15?,17-,18?,22+,23+,42?/m0/s1. The molecule has 1 aromatic heterocycles. The molecule has 2 rings (SSSR count). The zero-order chi connectivity index (χ0) is 32.0. The summed E-state index contributed by atoms with van der Waals surface area (Å²) < 4.78 is 69.2. The van der Waals surface area contributed by atoms with E-state index in [1.54, 1.807) is 0 Å². The van der Waals surface area contributed by atoms with E-state index in [0.717, 1.165) is 33.0 Å². The highest BCUT2D eigenvalue weighted by Gasteiger charge is 2.63. The van der Waals surface area contributed by atoms with Crippen molar-refractivity contribution in [2.45, 2.75) is 96.8 Å². The predicted octanol–water partition coefficient (Wildman–Crippen LogP) is 1.86. The number of phosphoric acid groups is 1. The first-order valence-electron chi connectivity index (χ1n) is 12.7. The van der Waals surface area contributed by atoms with E-state index >= 15 is 0 Å². The summed E-state index contributed by atoms with van der Waals surface area (Å²) in [5.41, 5.74) is -6.68. The van der Waals surface area contributed by atoms with Gasteiger partial charge in [0, 0.05) is 12.3 Å². The molecule has 17 nitrogen and oxygen atoms in total. The molecule has 6 atom stereocenters. The number of aliphatic hydroxyl groups excluding tert-OH is 1. The molecule has 240 valence electrons. The molecule has 0 amide bonds. The Kier molecular flexibility index (Phi) is 11.8. The van der Waals surface area contributed by atoms with Gasteiger partial charge < -0.3 is 33.9 Å². The van der Waals surface area contributed by atoms with Gasteiger partial charge in [-0.15, -0.1) is 0 Å². The third-order valence-electron chi connectivity index (χ3n) is 5.44. The average Bonchev–Trinajstić information content (AvgIpc) is 3.02. The van der Waals surface area contributed by atoms with Crippen molar-refractivity contribution in [3.05, 3.63) is 33.1 Å². The first-order chi connectivity index (χ1) is 19.3. The van der Waals surface area contributed by atoms with E-state index in [9.17, 15) is 38.3 Å². The molecule has 2 heterocycles. The second-order valence-corrected chi connectivity index (χ2v) is 11.5. The second-order valence-electron chi connectivity index (χ2n) is 9.95. The Morgan fingerprint density at radius 1 is 1.05 bits per heavy atom. The van der Waals surface area contributed by atoms with Crippen molar-refractivity contribution in [3.63, 3.8) is 0 Å². The third kappa shape index (κ3) is 9.07. The lowest BCUT2D eigenvalue weighted by atomic mass is 9.88. The molecule has 1 aliphatic rings. The number of alkyl halides is 1. The highest BCUT2D eigenvalue weighted by atomic mass is 31.2. The van der Waals surface area contributed by atoms with Crippen molar-refractivity contribution in [3.8, 4) is 0 Å². The van der Waals surface area contributed by atoms with Crippen LogP contribution in [0.15, 0.2) is 21.9 Å². The van der Waals surface area contributed by atoms with Crippen LogP contribution in [0.2, 0.25) is 0 Å². The highest BCUT2D eigenvalue weighted by molar-refractivity contribution is 7.48. The number of nitrogens with zero attached hydrogens (tertiary/aromatic N) is 1. The Labute approximate surface area is 239 Å². The molecule has 0 spiro atoms. The maximum absolute atomic E-state index is 14.5. The molecule has 19 heteroatoms. The number of aromatic amines is 1. The van der Waals surface area contributed by atoms with E-state index < -0.39 is 93.0 Å². The van der Waals surface area contributed by atoms with Gasteiger partial charge >= 0.3 is 25.8 Å². The molecule has 3 N–H and O–H groups in total. The van der Waals surface area contributed by atoms with Crippen LogP contribution in [0.25, 0.3) is 0 Å². The van der Waals surface area contributed by atoms with Crippen molar-refractivity contribution in [1.29, 1.82) is 0 Å². The number of phosphoric ester groups is 1. The van der Waals surface area contributed by atoms with E-state index in [0.29, 0.717) is 4.57 Å². The van der Waals surface area contributed by atoms with Crippen LogP contribution in [0, 0.1) is 0 Å². The van der Waals surface area contributed by atoms with E-state index in [2.05, 4.69) is 0 Å². The van der Waals surface area contributed by atoms with E-state index in [4.69, 9.17) is 37.3 Å². The molecule has 0 aliphatic carbocycles. The molecule has 0 bridgehead atoms. The number of aromatic nitrogens is 2. The summed E-state index contributed by atoms with van der Waals surface area (Å²) in [5.74, 6) is 0. The Bertz CT molecular complexity index is 1210. The minimum absolute atomic E-state index is 0.578. The second kappa shape index (κ2) is 14.1. The predicted molar refractivity (Wildman–Crippen MR) is 137 cm³/mol. The molecular weight excluding hydrogens is 594 g/mol. The topological polar surface area (TPSA) is 220 Å². The van der Waals surface area contributed by atoms with Crippen LogP contribution in [0.1, 0.15) is 54.7 Å². The number of carbonyl (C=O) groups excluding carboxylic acids is 2. The van der Waals surface area contributed by atoms with Gasteiger partial charge in [-0.2, -0.15) is 0 Å². The Hall–Kier alpha value is -2.86. The Morgan fingerprint density at radius 2 is 1.55 bits per heavy atom. The largest absolute Gasteiger partial charge is 0.510 e. The lowest BCUT2D eigenvalue weighted by Crippen LogP contribution is -2.53. The normalized spacial score (nSPS) is 26.9. The summed E-state index contributed by atoms with van der Waals surface area (Å²) in [6, 6.07) is 0.923. The zero-order valence-corrected chi connectivity index (χ0v) is 24.9. The fourth-order valence-corrected chi connectivity index (χ4v) is 5.03. The number of H-pyrrole nitrogens is 1. The number of hydrogen-bond donors (Lipinski definition) is 3. The average molecular weight is 631 g/mol. The van der Waals surface area contributed by atoms with Crippen LogP contribution in [0.5, 0.6) is 0 Å². The fraction of sp³-hybridized carbons (Fsp3) is 0.739. The van der Waals surface area contributed by atoms with Crippen molar-refractivity contribution in [2.24, 2.45) is 0 Å². The van der Waals surface area contributed by atoms with Crippen molar-refractivity contribution < 1.29 is 66.0 Å². The Balaban J connectivity index is 2.33. The van der Waals surface area contributed by atoms with Crippen LogP contribution in [0.3, 0.4) is 0 Å². The SMILES string of the molecule is CC(C)OC(=O)OC(C)OP(=O)(OC[C@@]1(CF)OC(n2ccc(=O)[nH]c2=O)[C@](C)(O)[C@@H]1O)OC(C)OC(=O)OC(C)C. The van der Waals surface area contributed by atoms with E-state index in [1.807, 2.05) is 4.98 Å². The number of halogens is 1. The quantitative estimate of drug-likeness (QED) is 0.161. The van der Waals surface area contributed by atoms with Crippen LogP contribution < -0.4 is 11.2 Å². The van der Waals surface area contributed by atoms with Gasteiger partial charge in [-0.25, -0.2) is 32.4 Å². The smallest absolute Gasteiger partial charge is 0.432 e. The van der Waals surface area contributed by atoms with Gasteiger partial charge in [0.05, 0.1) is 18.8 Å². The monoisotopic (exact) mass is 630 g/mol. The maximum atomic E-state index is 14.5. The number of nitrogens with one attached hydrogen (secondary N) is 1. The molecule has 0 radical (unpaired) electrons. The van der Waals surface area contributed by atoms with Gasteiger partial charge in [0.2, 0.25) is 12.6 Å². The van der Waals surface area contributed by atoms with Crippen molar-refractivity contribution >= 4 is 20.1 Å². The van der Waals surface area contributed by atoms with Crippen LogP contribution >= 0.6 is 7.82 Å². The van der Waals surface area contributed by atoms with Gasteiger partial charge in [0.15, 0.2) is 11.8 Å². The number of ether oxygens (including phenoxy) is 5. The maximum Gasteiger partial charge on any atom is 0.510 e. The zero-order valence-electron chi connectivity index (χ0n) is 24.0. The van der Waals surface area contributed by atoms with Crippen LogP contribution in [0.4, 0.5) is 14.0 Å². The summed E-state index contributed by atoms with van der Waals surface area (Å²) >= 11 is 0. The minimum atomic E-state index is -5.02. The molecule has 0 aromatic carbocycles. The third-order valence-corrected chi connectivity index (χ3v) is 6.99. The molecule has 42 heavy (non-hydrogen) atoms. The van der Waals surface area contributed by atoms with Gasteiger partial charge in [-0.3, -0.25) is 18.9 Å². The van der Waals surface area contributed by atoms with Crippen molar-refractivity contribution in [1.82, 2.24) is 9.55 Å².